The Kier molecular flexibility index (Phi) is 9.19. The molecule has 2 saturated heterocycles. The number of phenolic OH excluding ortho intramolecular Hbond substituents is 2. The third-order valence-electron chi connectivity index (χ3n) is 9.19. The van der Waals surface area contributed by atoms with Crippen molar-refractivity contribution < 1.29 is 48.9 Å². The number of amides is 2. The first-order valence-electron chi connectivity index (χ1n) is 15.5. The molecule has 51 heavy (non-hydrogen) atoms. The van der Waals surface area contributed by atoms with Crippen molar-refractivity contribution in [2.45, 2.75) is 56.0 Å². The number of nitrogens with zero attached hydrogens (tertiary/aromatic N) is 4. The lowest BCUT2D eigenvalue weighted by Gasteiger charge is -2.53. The Labute approximate surface area is 301 Å². The van der Waals surface area contributed by atoms with Gasteiger partial charge >= 0.3 is 11.9 Å². The predicted molar refractivity (Wildman–Crippen MR) is 186 cm³/mol. The van der Waals surface area contributed by atoms with Crippen LogP contribution in [0.2, 0.25) is 5.02 Å². The van der Waals surface area contributed by atoms with Gasteiger partial charge in [0.1, 0.15) is 35.9 Å². The number of carbonyl (C=O) groups excluding carboxylic acids is 2. The number of nitrogens with one attached hydrogen (secondary N) is 2. The van der Waals surface area contributed by atoms with Crippen molar-refractivity contribution in [1.29, 1.82) is 0 Å². The van der Waals surface area contributed by atoms with Crippen molar-refractivity contribution >= 4 is 80.2 Å². The number of aromatic nitrogens is 2. The number of thioether (sulfide) groups is 1. The molecule has 1 aromatic carbocycles. The Morgan fingerprint density at radius 2 is 1.94 bits per heavy atom. The van der Waals surface area contributed by atoms with Gasteiger partial charge in [0.25, 0.3) is 11.8 Å². The highest BCUT2D eigenvalue weighted by molar-refractivity contribution is 8.00. The zero-order chi connectivity index (χ0) is 37.2. The van der Waals surface area contributed by atoms with E-state index in [9.17, 15) is 44.4 Å². The molecule has 8 N–H and O–H groups in total. The van der Waals surface area contributed by atoms with Crippen LogP contribution in [0, 0.1) is 0 Å². The molecule has 17 nitrogen and oxygen atoms in total. The number of hydrogen-bond donors (Lipinski definition) is 7. The number of aromatic amines is 1. The number of fused-ring (bicyclic) bond motifs is 2. The lowest BCUT2D eigenvalue weighted by atomic mass is 9.97. The van der Waals surface area contributed by atoms with E-state index in [1.54, 1.807) is 0 Å². The number of hydrogen-bond acceptors (Lipinski definition) is 13. The number of H-pyrrole nitrogens is 1. The Hall–Kier alpha value is -4.85. The minimum atomic E-state index is -1.81. The summed E-state index contributed by atoms with van der Waals surface area (Å²) < 4.78 is 0.323. The first-order chi connectivity index (χ1) is 23.9. The quantitative estimate of drug-likeness (QED) is 0.0484. The Balaban J connectivity index is 1.26. The van der Waals surface area contributed by atoms with Crippen molar-refractivity contribution in [2.24, 2.45) is 5.16 Å². The largest absolute Gasteiger partial charge is 0.504 e. The number of nitrogens with two attached hydrogens (primary N) is 1. The molecule has 2 aromatic heterocycles. The number of halogens is 1. The van der Waals surface area contributed by atoms with E-state index in [2.05, 4.69) is 20.4 Å². The Morgan fingerprint density at radius 3 is 2.53 bits per heavy atom. The van der Waals surface area contributed by atoms with Gasteiger partial charge in [-0.1, -0.05) is 16.8 Å². The van der Waals surface area contributed by atoms with Gasteiger partial charge < -0.3 is 45.8 Å². The van der Waals surface area contributed by atoms with Crippen molar-refractivity contribution in [3.05, 3.63) is 55.4 Å². The fourth-order valence-electron chi connectivity index (χ4n) is 6.24. The first-order valence-corrected chi connectivity index (χ1v) is 17.7. The molecule has 5 heterocycles. The molecule has 0 spiro atoms. The summed E-state index contributed by atoms with van der Waals surface area (Å²) in [7, 11) is 0. The number of aliphatic carboxylic acids is 2. The molecule has 0 radical (unpaired) electrons. The second-order valence-electron chi connectivity index (χ2n) is 13.0. The lowest BCUT2D eigenvalue weighted by molar-refractivity contribution is -0.972. The molecule has 0 aliphatic carbocycles. The van der Waals surface area contributed by atoms with Crippen LogP contribution in [0.1, 0.15) is 38.4 Å². The normalized spacial score (nSPS) is 21.5. The predicted octanol–water partition coefficient (Wildman–Crippen LogP) is 1.76. The van der Waals surface area contributed by atoms with Gasteiger partial charge in [0, 0.05) is 34.9 Å². The molecule has 3 aromatic rings. The number of benzene rings is 1. The number of phenols is 2. The van der Waals surface area contributed by atoms with E-state index in [0.29, 0.717) is 28.7 Å². The van der Waals surface area contributed by atoms with Crippen LogP contribution < -0.4 is 16.5 Å². The molecule has 0 saturated carbocycles. The van der Waals surface area contributed by atoms with Gasteiger partial charge in [0.15, 0.2) is 27.8 Å². The molecular formula is C31H33ClN7O10S2+. The molecule has 270 valence electrons. The number of carboxylic acids is 2. The highest BCUT2D eigenvalue weighted by atomic mass is 35.5. The minimum absolute atomic E-state index is 0.0103. The monoisotopic (exact) mass is 762 g/mol. The van der Waals surface area contributed by atoms with Crippen LogP contribution >= 0.6 is 34.7 Å². The van der Waals surface area contributed by atoms with Gasteiger partial charge in [-0.05, 0) is 20.8 Å². The maximum atomic E-state index is 13.6. The number of likely N-dealkylation sites (tertiary alicyclic amines) is 1. The summed E-state index contributed by atoms with van der Waals surface area (Å²) in [6, 6.07) is 0.0474. The smallest absolute Gasteiger partial charge is 0.352 e. The Morgan fingerprint density at radius 1 is 1.24 bits per heavy atom. The van der Waals surface area contributed by atoms with Gasteiger partial charge in [-0.15, -0.1) is 23.1 Å². The number of oxime groups is 1. The molecule has 20 heteroatoms. The van der Waals surface area contributed by atoms with E-state index in [0.717, 1.165) is 22.7 Å². The van der Waals surface area contributed by atoms with Crippen LogP contribution in [0.4, 0.5) is 5.13 Å². The Bertz CT molecular complexity index is 2130. The van der Waals surface area contributed by atoms with E-state index in [4.69, 9.17) is 22.2 Å². The zero-order valence-electron chi connectivity index (χ0n) is 27.3. The van der Waals surface area contributed by atoms with Crippen molar-refractivity contribution in [2.75, 3.05) is 25.4 Å². The number of anilines is 1. The number of quaternary nitrogens is 1. The number of rotatable bonds is 11. The highest BCUT2D eigenvalue weighted by Gasteiger charge is 2.57. The molecular weight excluding hydrogens is 730 g/mol. The van der Waals surface area contributed by atoms with Crippen LogP contribution in [0.3, 0.4) is 0 Å². The number of β-lactam (4-membered cyclic amide) rings is 1. The lowest BCUT2D eigenvalue weighted by Crippen LogP contribution is -2.72. The van der Waals surface area contributed by atoms with Crippen molar-refractivity contribution in [3.63, 3.8) is 0 Å². The van der Waals surface area contributed by atoms with Gasteiger partial charge in [-0.25, -0.2) is 14.6 Å². The number of pyridine rings is 1. The topological polar surface area (TPSA) is 258 Å². The molecule has 0 unspecified atom stereocenters. The van der Waals surface area contributed by atoms with E-state index in [-0.39, 0.29) is 45.5 Å². The third-order valence-corrected chi connectivity index (χ3v) is 11.7. The average Bonchev–Trinajstić information content (AvgIpc) is 3.48. The number of nitrogen functional groups attached to an aromatic ring is 1. The van der Waals surface area contributed by atoms with E-state index >= 15 is 0 Å². The second-order valence-corrected chi connectivity index (χ2v) is 15.7. The fourth-order valence-corrected chi connectivity index (χ4v) is 8.51. The number of carbonyl (C=O) groups is 4. The van der Waals surface area contributed by atoms with Crippen LogP contribution in [0.15, 0.2) is 38.9 Å². The molecule has 3 aliphatic rings. The summed E-state index contributed by atoms with van der Waals surface area (Å²) in [5, 5.41) is 46.3. The van der Waals surface area contributed by atoms with Crippen molar-refractivity contribution in [1.82, 2.24) is 20.2 Å². The SMILES string of the molecule is C[C@@H]1S[C@@H]2[C@H](NC(=O)/C(=N\OC(C)(C)C(=O)O)c3csc(N)n3)C(=O)N2C(C(=O)O)=C1C[N+]1(Cc2c[nH]c3cc(O)c(O)c(Cl)c3c2=O)CCC1. The maximum absolute atomic E-state index is 13.6. The van der Waals surface area contributed by atoms with Gasteiger partial charge in [-0.3, -0.25) is 19.3 Å². The van der Waals surface area contributed by atoms with E-state index in [1.807, 2.05) is 6.92 Å². The highest BCUT2D eigenvalue weighted by Crippen LogP contribution is 2.46. The first kappa shape index (κ1) is 36.0. The number of carboxylic acid groups (broad SMARTS) is 2. The summed E-state index contributed by atoms with van der Waals surface area (Å²) in [4.78, 5) is 78.2. The van der Waals surface area contributed by atoms with Gasteiger partial charge in [0.05, 0.1) is 34.6 Å². The third kappa shape index (κ3) is 6.34. The summed E-state index contributed by atoms with van der Waals surface area (Å²) in [6.07, 6.45) is 2.33. The minimum Gasteiger partial charge on any atom is -0.504 e. The van der Waals surface area contributed by atoms with Gasteiger partial charge in [-0.2, -0.15) is 0 Å². The molecule has 0 bridgehead atoms. The molecule has 2 fully saturated rings. The molecule has 2 amide bonds. The standard InChI is InChI=1S/C31H32ClN7O10S2/c1-12-14(10-39(5-4-6-39)9-13-8-34-15-7-17(40)24(42)19(32)18(15)23(13)41)22(28(45)46)38-26(44)21(27(38)51-12)36-25(43)20(16-11-50-30(33)35-16)37-49-31(2,3)29(47)48/h7-8,11-12,21,27H,4-6,9-10H2,1-3H3,(H7-,33,34,35,36,37,40,41,42,43,45,46,47,48)/p+1/t12-,21+,27+/m0/s1. The van der Waals surface area contributed by atoms with Crippen LogP contribution in [0.5, 0.6) is 11.5 Å². The van der Waals surface area contributed by atoms with Crippen LogP contribution in [-0.4, -0.2) is 111 Å². The van der Waals surface area contributed by atoms with E-state index in [1.165, 1.54) is 43.3 Å². The molecule has 6 rings (SSSR count). The summed E-state index contributed by atoms with van der Waals surface area (Å²) in [6.45, 7) is 5.94. The van der Waals surface area contributed by atoms with Gasteiger partial charge in [0.2, 0.25) is 5.60 Å². The van der Waals surface area contributed by atoms with Crippen LogP contribution in [0.25, 0.3) is 10.9 Å². The second kappa shape index (κ2) is 13.0. The number of thiazole rings is 1. The zero-order valence-corrected chi connectivity index (χ0v) is 29.7. The van der Waals surface area contributed by atoms with Crippen LogP contribution in [-0.2, 0) is 30.6 Å². The summed E-state index contributed by atoms with van der Waals surface area (Å²) in [5.41, 5.74) is 3.93. The number of aromatic hydroxyl groups is 2. The maximum Gasteiger partial charge on any atom is 0.352 e. The fraction of sp³-hybridized carbons (Fsp3) is 0.387. The average molecular weight is 763 g/mol. The molecule has 3 atom stereocenters. The van der Waals surface area contributed by atoms with E-state index < -0.39 is 68.7 Å². The van der Waals surface area contributed by atoms with Crippen molar-refractivity contribution in [3.8, 4) is 11.5 Å². The summed E-state index contributed by atoms with van der Waals surface area (Å²) >= 11 is 8.51. The summed E-state index contributed by atoms with van der Waals surface area (Å²) in [5.74, 6) is -5.35. The molecule has 3 aliphatic heterocycles.